The number of methoxy groups -OCH3 is 1. The fraction of sp³-hybridized carbons (Fsp3) is 0.846. The molecule has 0 radical (unpaired) electrons. The van der Waals surface area contributed by atoms with E-state index >= 15 is 0 Å². The summed E-state index contributed by atoms with van der Waals surface area (Å²) in [6, 6.07) is -0.815. The standard InChI is InChI=1S/C13H23NO5/c1-8-7-9(10(15)18-6)14(13(8,5)17)11(16)19-12(2,3)4/h8-9,17H,7H2,1-6H3/t8-,9-,13?/m0/s1. The molecule has 0 aromatic heterocycles. The molecule has 3 atom stereocenters. The molecule has 1 amide bonds. The van der Waals surface area contributed by atoms with Gasteiger partial charge in [-0.1, -0.05) is 6.92 Å². The summed E-state index contributed by atoms with van der Waals surface area (Å²) in [6.07, 6.45) is -0.365. The molecule has 1 fully saturated rings. The Hall–Kier alpha value is -1.30. The van der Waals surface area contributed by atoms with Crippen LogP contribution in [0.4, 0.5) is 4.79 Å². The van der Waals surface area contributed by atoms with Gasteiger partial charge in [-0.15, -0.1) is 0 Å². The summed E-state index contributed by atoms with van der Waals surface area (Å²) in [5.74, 6) is -0.792. The second-order valence-corrected chi connectivity index (χ2v) is 6.12. The van der Waals surface area contributed by atoms with Crippen molar-refractivity contribution in [3.05, 3.63) is 0 Å². The van der Waals surface area contributed by atoms with Crippen LogP contribution in [0.15, 0.2) is 0 Å². The van der Waals surface area contributed by atoms with Gasteiger partial charge in [0.25, 0.3) is 0 Å². The molecule has 1 aliphatic rings. The van der Waals surface area contributed by atoms with Crippen LogP contribution in [0.1, 0.15) is 41.0 Å². The highest BCUT2D eigenvalue weighted by Gasteiger charge is 2.54. The summed E-state index contributed by atoms with van der Waals surface area (Å²) in [5, 5.41) is 10.4. The third-order valence-electron chi connectivity index (χ3n) is 3.37. The van der Waals surface area contributed by atoms with Crippen molar-refractivity contribution in [3.8, 4) is 0 Å². The van der Waals surface area contributed by atoms with Gasteiger partial charge < -0.3 is 14.6 Å². The van der Waals surface area contributed by atoms with E-state index in [2.05, 4.69) is 4.74 Å². The lowest BCUT2D eigenvalue weighted by Crippen LogP contribution is -2.54. The number of amides is 1. The average molecular weight is 273 g/mol. The molecule has 0 saturated carbocycles. The van der Waals surface area contributed by atoms with Crippen molar-refractivity contribution in [1.29, 1.82) is 0 Å². The fourth-order valence-corrected chi connectivity index (χ4v) is 2.18. The van der Waals surface area contributed by atoms with E-state index in [9.17, 15) is 14.7 Å². The van der Waals surface area contributed by atoms with E-state index in [4.69, 9.17) is 4.74 Å². The fourth-order valence-electron chi connectivity index (χ4n) is 2.18. The van der Waals surface area contributed by atoms with Crippen LogP contribution in [0.3, 0.4) is 0 Å². The number of hydrogen-bond acceptors (Lipinski definition) is 5. The molecule has 1 rings (SSSR count). The lowest BCUT2D eigenvalue weighted by atomic mass is 10.00. The van der Waals surface area contributed by atoms with Gasteiger partial charge in [0.1, 0.15) is 17.4 Å². The summed E-state index contributed by atoms with van der Waals surface area (Å²) >= 11 is 0. The highest BCUT2D eigenvalue weighted by Crippen LogP contribution is 2.38. The predicted molar refractivity (Wildman–Crippen MR) is 68.3 cm³/mol. The summed E-state index contributed by atoms with van der Waals surface area (Å²) in [7, 11) is 1.26. The monoisotopic (exact) mass is 273 g/mol. The number of rotatable bonds is 1. The van der Waals surface area contributed by atoms with Gasteiger partial charge in [-0.05, 0) is 34.1 Å². The van der Waals surface area contributed by atoms with Gasteiger partial charge in [0.05, 0.1) is 7.11 Å². The summed E-state index contributed by atoms with van der Waals surface area (Å²) < 4.78 is 9.94. The van der Waals surface area contributed by atoms with Crippen molar-refractivity contribution in [2.75, 3.05) is 7.11 Å². The first kappa shape index (κ1) is 15.8. The number of ether oxygens (including phenoxy) is 2. The third kappa shape index (κ3) is 3.18. The number of likely N-dealkylation sites (tertiary alicyclic amines) is 1. The van der Waals surface area contributed by atoms with Crippen molar-refractivity contribution >= 4 is 12.1 Å². The number of nitrogens with zero attached hydrogens (tertiary/aromatic N) is 1. The first-order valence-corrected chi connectivity index (χ1v) is 6.33. The second kappa shape index (κ2) is 5.00. The van der Waals surface area contributed by atoms with Gasteiger partial charge in [-0.25, -0.2) is 9.59 Å². The minimum Gasteiger partial charge on any atom is -0.467 e. The molecule has 19 heavy (non-hydrogen) atoms. The molecular formula is C13H23NO5. The third-order valence-corrected chi connectivity index (χ3v) is 3.37. The number of carbonyl (C=O) groups is 2. The van der Waals surface area contributed by atoms with Gasteiger partial charge in [0.15, 0.2) is 0 Å². The molecule has 6 nitrogen and oxygen atoms in total. The zero-order valence-electron chi connectivity index (χ0n) is 12.4. The normalized spacial score (nSPS) is 31.2. The molecule has 1 saturated heterocycles. The van der Waals surface area contributed by atoms with Gasteiger partial charge in [-0.3, -0.25) is 4.90 Å². The molecule has 1 heterocycles. The summed E-state index contributed by atoms with van der Waals surface area (Å²) in [6.45, 7) is 8.47. The first-order valence-electron chi connectivity index (χ1n) is 6.33. The van der Waals surface area contributed by atoms with Gasteiger partial charge in [-0.2, -0.15) is 0 Å². The minimum absolute atomic E-state index is 0.246. The Kier molecular flexibility index (Phi) is 4.14. The molecule has 0 aromatic rings. The highest BCUT2D eigenvalue weighted by molar-refractivity contribution is 5.82. The van der Waals surface area contributed by atoms with Gasteiger partial charge in [0, 0.05) is 5.92 Å². The maximum atomic E-state index is 12.2. The molecule has 0 bridgehead atoms. The van der Waals surface area contributed by atoms with Crippen LogP contribution in [0.5, 0.6) is 0 Å². The second-order valence-electron chi connectivity index (χ2n) is 6.12. The maximum Gasteiger partial charge on any atom is 0.413 e. The van der Waals surface area contributed by atoms with Crippen LogP contribution < -0.4 is 0 Å². The van der Waals surface area contributed by atoms with E-state index in [0.29, 0.717) is 6.42 Å². The lowest BCUT2D eigenvalue weighted by molar-refractivity contribution is -0.153. The molecule has 110 valence electrons. The first-order chi connectivity index (χ1) is 8.50. The minimum atomic E-state index is -1.43. The Morgan fingerprint density at radius 3 is 2.32 bits per heavy atom. The van der Waals surface area contributed by atoms with Crippen molar-refractivity contribution in [2.45, 2.75) is 58.4 Å². The number of aliphatic hydroxyl groups is 1. The van der Waals surface area contributed by atoms with Crippen LogP contribution in [-0.2, 0) is 14.3 Å². The Balaban J connectivity index is 3.03. The molecule has 0 aromatic carbocycles. The molecule has 1 unspecified atom stereocenters. The highest BCUT2D eigenvalue weighted by atomic mass is 16.6. The number of esters is 1. The molecule has 0 aliphatic carbocycles. The summed E-state index contributed by atoms with van der Waals surface area (Å²) in [5.41, 5.74) is -2.12. The van der Waals surface area contributed by atoms with E-state index in [1.165, 1.54) is 14.0 Å². The van der Waals surface area contributed by atoms with Crippen LogP contribution in [0.2, 0.25) is 0 Å². The Morgan fingerprint density at radius 1 is 1.37 bits per heavy atom. The molecular weight excluding hydrogens is 250 g/mol. The van der Waals surface area contributed by atoms with Gasteiger partial charge >= 0.3 is 12.1 Å². The van der Waals surface area contributed by atoms with Gasteiger partial charge in [0.2, 0.25) is 0 Å². The van der Waals surface area contributed by atoms with E-state index < -0.39 is 29.4 Å². The largest absolute Gasteiger partial charge is 0.467 e. The van der Waals surface area contributed by atoms with Crippen LogP contribution >= 0.6 is 0 Å². The average Bonchev–Trinajstić information content (AvgIpc) is 2.46. The molecule has 0 spiro atoms. The van der Waals surface area contributed by atoms with E-state index in [0.717, 1.165) is 4.90 Å². The van der Waals surface area contributed by atoms with Crippen LogP contribution in [0.25, 0.3) is 0 Å². The maximum absolute atomic E-state index is 12.2. The van der Waals surface area contributed by atoms with Crippen molar-refractivity contribution in [2.24, 2.45) is 5.92 Å². The molecule has 1 aliphatic heterocycles. The zero-order chi connectivity index (χ0) is 15.0. The molecule has 6 heteroatoms. The van der Waals surface area contributed by atoms with E-state index in [-0.39, 0.29) is 5.92 Å². The predicted octanol–water partition coefficient (Wildman–Crippen LogP) is 1.51. The van der Waals surface area contributed by atoms with E-state index in [1.807, 2.05) is 0 Å². The van der Waals surface area contributed by atoms with E-state index in [1.54, 1.807) is 27.7 Å². The van der Waals surface area contributed by atoms with Crippen molar-refractivity contribution < 1.29 is 24.2 Å². The van der Waals surface area contributed by atoms with Crippen LogP contribution in [-0.4, -0.2) is 46.5 Å². The summed E-state index contributed by atoms with van der Waals surface area (Å²) in [4.78, 5) is 25.0. The zero-order valence-corrected chi connectivity index (χ0v) is 12.4. The lowest BCUT2D eigenvalue weighted by Gasteiger charge is -2.36. The molecule has 1 N–H and O–H groups in total. The number of carbonyl (C=O) groups excluding carboxylic acids is 2. The van der Waals surface area contributed by atoms with Crippen molar-refractivity contribution in [3.63, 3.8) is 0 Å². The SMILES string of the molecule is COC(=O)[C@@H]1C[C@H](C)C(C)(O)N1C(=O)OC(C)(C)C. The Morgan fingerprint density at radius 2 is 1.89 bits per heavy atom. The quantitative estimate of drug-likeness (QED) is 0.733. The van der Waals surface area contributed by atoms with Crippen LogP contribution in [0, 0.1) is 5.92 Å². The Labute approximate surface area is 113 Å². The topological polar surface area (TPSA) is 76.1 Å². The van der Waals surface area contributed by atoms with Crippen molar-refractivity contribution in [1.82, 2.24) is 4.90 Å². The smallest absolute Gasteiger partial charge is 0.413 e. The Bertz CT molecular complexity index is 372. The number of hydrogen-bond donors (Lipinski definition) is 1.